The minimum atomic E-state index is -0.989. The van der Waals surface area contributed by atoms with Crippen molar-refractivity contribution in [1.82, 2.24) is 5.32 Å². The summed E-state index contributed by atoms with van der Waals surface area (Å²) in [6, 6.07) is 13.5. The van der Waals surface area contributed by atoms with Gasteiger partial charge in [-0.15, -0.1) is 0 Å². The molecule has 1 amide bonds. The van der Waals surface area contributed by atoms with Crippen LogP contribution in [-0.2, 0) is 0 Å². The molecular weight excluding hydrogens is 372 g/mol. The van der Waals surface area contributed by atoms with Gasteiger partial charge in [0.1, 0.15) is 5.75 Å². The maximum Gasteiger partial charge on any atom is 0.404 e. The highest BCUT2D eigenvalue weighted by molar-refractivity contribution is 9.10. The van der Waals surface area contributed by atoms with Gasteiger partial charge in [0, 0.05) is 16.6 Å². The van der Waals surface area contributed by atoms with E-state index >= 15 is 0 Å². The number of rotatable bonds is 1. The Morgan fingerprint density at radius 3 is 2.83 bits per heavy atom. The van der Waals surface area contributed by atoms with E-state index in [1.165, 1.54) is 0 Å². The van der Waals surface area contributed by atoms with Gasteiger partial charge in [-0.25, -0.2) is 4.79 Å². The number of anilines is 1. The molecule has 2 aliphatic rings. The average Bonchev–Trinajstić information content (AvgIpc) is 2.70. The molecule has 2 heterocycles. The molecule has 5 nitrogen and oxygen atoms in total. The smallest absolute Gasteiger partial charge is 0.404 e. The van der Waals surface area contributed by atoms with Gasteiger partial charge in [0.25, 0.3) is 0 Å². The first-order chi connectivity index (χ1) is 11.6. The van der Waals surface area contributed by atoms with E-state index in [0.717, 1.165) is 46.6 Å². The van der Waals surface area contributed by atoms with Gasteiger partial charge in [0.15, 0.2) is 5.75 Å². The van der Waals surface area contributed by atoms with Crippen LogP contribution < -0.4 is 15.0 Å². The van der Waals surface area contributed by atoms with Gasteiger partial charge in [-0.05, 0) is 47.0 Å². The van der Waals surface area contributed by atoms with E-state index in [1.54, 1.807) is 0 Å². The highest BCUT2D eigenvalue weighted by Gasteiger charge is 2.39. The van der Waals surface area contributed by atoms with Crippen molar-refractivity contribution < 1.29 is 14.6 Å². The normalized spacial score (nSPS) is 21.6. The minimum Gasteiger partial charge on any atom is -0.465 e. The molecule has 4 rings (SSSR count). The van der Waals surface area contributed by atoms with E-state index in [9.17, 15) is 9.90 Å². The second kappa shape index (κ2) is 6.02. The van der Waals surface area contributed by atoms with E-state index in [4.69, 9.17) is 4.74 Å². The Hall–Kier alpha value is -2.21. The molecule has 6 heteroatoms. The molecule has 0 unspecified atom stereocenters. The summed E-state index contributed by atoms with van der Waals surface area (Å²) in [4.78, 5) is 13.5. The maximum absolute atomic E-state index is 11.3. The number of benzene rings is 2. The summed E-state index contributed by atoms with van der Waals surface area (Å²) < 4.78 is 7.13. The maximum atomic E-state index is 11.3. The molecule has 0 radical (unpaired) electrons. The Morgan fingerprint density at radius 1 is 1.21 bits per heavy atom. The number of halogens is 1. The third-order valence-electron chi connectivity index (χ3n) is 4.63. The predicted octanol–water partition coefficient (Wildman–Crippen LogP) is 4.53. The van der Waals surface area contributed by atoms with Crippen molar-refractivity contribution in [3.8, 4) is 11.5 Å². The zero-order valence-electron chi connectivity index (χ0n) is 12.9. The van der Waals surface area contributed by atoms with Crippen molar-refractivity contribution in [3.63, 3.8) is 0 Å². The molecule has 2 aromatic carbocycles. The first-order valence-electron chi connectivity index (χ1n) is 7.96. The van der Waals surface area contributed by atoms with Gasteiger partial charge in [0.2, 0.25) is 0 Å². The van der Waals surface area contributed by atoms with Crippen molar-refractivity contribution in [2.45, 2.75) is 24.9 Å². The quantitative estimate of drug-likeness (QED) is 0.752. The van der Waals surface area contributed by atoms with Gasteiger partial charge in [-0.1, -0.05) is 24.3 Å². The number of amides is 1. The fourth-order valence-electron chi connectivity index (χ4n) is 3.73. The Balaban J connectivity index is 1.91. The average molecular weight is 389 g/mol. The molecular formula is C18H17BrN2O3. The van der Waals surface area contributed by atoms with Crippen LogP contribution in [0.15, 0.2) is 46.9 Å². The zero-order chi connectivity index (χ0) is 16.7. The van der Waals surface area contributed by atoms with Crippen LogP contribution in [0, 0.1) is 0 Å². The molecule has 0 spiro atoms. The number of carboxylic acid groups (broad SMARTS) is 1. The fraction of sp³-hybridized carbons (Fsp3) is 0.278. The Bertz CT molecular complexity index is 796. The fourth-order valence-corrected chi connectivity index (χ4v) is 4.31. The Morgan fingerprint density at radius 2 is 2.00 bits per heavy atom. The molecule has 2 aliphatic heterocycles. The van der Waals surface area contributed by atoms with E-state index in [1.807, 2.05) is 42.5 Å². The summed E-state index contributed by atoms with van der Waals surface area (Å²) in [5, 5.41) is 12.0. The monoisotopic (exact) mass is 388 g/mol. The molecule has 2 N–H and O–H groups in total. The summed E-state index contributed by atoms with van der Waals surface area (Å²) >= 11 is 3.64. The Labute approximate surface area is 148 Å². The first-order valence-corrected chi connectivity index (χ1v) is 8.76. The van der Waals surface area contributed by atoms with Crippen molar-refractivity contribution in [1.29, 1.82) is 0 Å². The molecule has 0 saturated carbocycles. The van der Waals surface area contributed by atoms with E-state index in [2.05, 4.69) is 26.1 Å². The van der Waals surface area contributed by atoms with Crippen LogP contribution in [0.4, 0.5) is 10.5 Å². The lowest BCUT2D eigenvalue weighted by molar-refractivity contribution is 0.184. The topological polar surface area (TPSA) is 61.8 Å². The number of hydrogen-bond acceptors (Lipinski definition) is 3. The summed E-state index contributed by atoms with van der Waals surface area (Å²) in [5.41, 5.74) is 2.00. The van der Waals surface area contributed by atoms with Crippen LogP contribution in [-0.4, -0.2) is 23.8 Å². The van der Waals surface area contributed by atoms with Crippen molar-refractivity contribution in [2.75, 3.05) is 11.4 Å². The lowest BCUT2D eigenvalue weighted by Gasteiger charge is -2.42. The highest BCUT2D eigenvalue weighted by atomic mass is 79.9. The second-order valence-corrected chi connectivity index (χ2v) is 6.92. The largest absolute Gasteiger partial charge is 0.465 e. The third-order valence-corrected chi connectivity index (χ3v) is 5.27. The van der Waals surface area contributed by atoms with Crippen molar-refractivity contribution in [2.24, 2.45) is 0 Å². The molecule has 1 fully saturated rings. The number of fused-ring (bicyclic) bond motifs is 5. The molecule has 0 aromatic heterocycles. The van der Waals surface area contributed by atoms with Gasteiger partial charge >= 0.3 is 6.09 Å². The number of carbonyl (C=O) groups is 1. The van der Waals surface area contributed by atoms with Crippen LogP contribution >= 0.6 is 15.9 Å². The van der Waals surface area contributed by atoms with Crippen LogP contribution in [0.5, 0.6) is 11.5 Å². The van der Waals surface area contributed by atoms with E-state index in [0.29, 0.717) is 0 Å². The third kappa shape index (κ3) is 2.51. The summed E-state index contributed by atoms with van der Waals surface area (Å²) in [6.07, 6.45) is 0.739. The van der Waals surface area contributed by atoms with Crippen molar-refractivity contribution in [3.05, 3.63) is 52.5 Å². The summed E-state index contributed by atoms with van der Waals surface area (Å²) in [5.74, 6) is 1.57. The van der Waals surface area contributed by atoms with Gasteiger partial charge in [-0.2, -0.15) is 0 Å². The summed E-state index contributed by atoms with van der Waals surface area (Å²) in [7, 11) is 0. The van der Waals surface area contributed by atoms with Gasteiger partial charge < -0.3 is 20.1 Å². The number of nitrogens with one attached hydrogen (secondary N) is 1. The van der Waals surface area contributed by atoms with Gasteiger partial charge in [-0.3, -0.25) is 0 Å². The predicted molar refractivity (Wildman–Crippen MR) is 94.9 cm³/mol. The SMILES string of the molecule is O=C(O)N[C@H]1CCCN2c3c(Br)cccc3Oc3ccccc3[C@@H]12. The number of ether oxygens (including phenoxy) is 1. The van der Waals surface area contributed by atoms with Crippen LogP contribution in [0.1, 0.15) is 24.4 Å². The van der Waals surface area contributed by atoms with Crippen LogP contribution in [0.25, 0.3) is 0 Å². The second-order valence-electron chi connectivity index (χ2n) is 6.06. The molecule has 2 atom stereocenters. The molecule has 2 aromatic rings. The molecule has 0 aliphatic carbocycles. The van der Waals surface area contributed by atoms with Crippen molar-refractivity contribution >= 4 is 27.7 Å². The number of nitrogens with zero attached hydrogens (tertiary/aromatic N) is 1. The Kier molecular flexibility index (Phi) is 3.84. The lowest BCUT2D eigenvalue weighted by atomic mass is 9.89. The van der Waals surface area contributed by atoms with Crippen LogP contribution in [0.3, 0.4) is 0 Å². The molecule has 0 bridgehead atoms. The minimum absolute atomic E-state index is 0.0917. The molecule has 24 heavy (non-hydrogen) atoms. The number of para-hydroxylation sites is 2. The zero-order valence-corrected chi connectivity index (χ0v) is 14.5. The van der Waals surface area contributed by atoms with E-state index in [-0.39, 0.29) is 12.1 Å². The standard InChI is InChI=1S/C18H17BrN2O3/c19-12-6-3-9-15-17(12)21-10-4-7-13(20-18(22)23)16(21)11-5-1-2-8-14(11)24-15/h1-3,5-6,8-9,13,16,20H,4,7,10H2,(H,22,23)/t13-,16-/m0/s1. The van der Waals surface area contributed by atoms with E-state index < -0.39 is 6.09 Å². The molecule has 124 valence electrons. The first kappa shape index (κ1) is 15.3. The lowest BCUT2D eigenvalue weighted by Crippen LogP contribution is -2.49. The number of piperidine rings is 1. The highest BCUT2D eigenvalue weighted by Crippen LogP contribution is 2.49. The van der Waals surface area contributed by atoms with Gasteiger partial charge in [0.05, 0.1) is 17.8 Å². The molecule has 1 saturated heterocycles. The summed E-state index contributed by atoms with van der Waals surface area (Å²) in [6.45, 7) is 0.857. The number of hydrogen-bond donors (Lipinski definition) is 2. The van der Waals surface area contributed by atoms with Crippen LogP contribution in [0.2, 0.25) is 0 Å².